The number of hydrogen-bond donors (Lipinski definition) is 1. The van der Waals surface area contributed by atoms with Crippen LogP contribution in [0.15, 0.2) is 34.8 Å². The molecule has 5 heteroatoms. The average Bonchev–Trinajstić information content (AvgIpc) is 2.35. The van der Waals surface area contributed by atoms with Crippen LogP contribution in [0.2, 0.25) is 10.0 Å². The van der Waals surface area contributed by atoms with Crippen LogP contribution in [-0.2, 0) is 0 Å². The van der Waals surface area contributed by atoms with E-state index in [0.717, 1.165) is 0 Å². The van der Waals surface area contributed by atoms with Crippen molar-refractivity contribution in [1.29, 1.82) is 0 Å². The number of phenols is 1. The van der Waals surface area contributed by atoms with Crippen LogP contribution < -0.4 is 0 Å². The number of aromatic hydroxyl groups is 1. The minimum atomic E-state index is -0.0772. The fourth-order valence-electron chi connectivity index (χ4n) is 1.59. The van der Waals surface area contributed by atoms with Crippen molar-refractivity contribution in [2.45, 2.75) is 0 Å². The van der Waals surface area contributed by atoms with Gasteiger partial charge in [0, 0.05) is 10.0 Å². The normalized spacial score (nSPS) is 10.4. The lowest BCUT2D eigenvalue weighted by Gasteiger charge is -2.09. The maximum atomic E-state index is 10.9. The van der Waals surface area contributed by atoms with Gasteiger partial charge < -0.3 is 5.11 Å². The molecule has 2 aromatic rings. The molecule has 0 aromatic heterocycles. The van der Waals surface area contributed by atoms with Crippen LogP contribution in [0.25, 0.3) is 11.1 Å². The molecule has 92 valence electrons. The second-order valence-electron chi connectivity index (χ2n) is 3.64. The first-order chi connectivity index (χ1) is 8.52. The number of benzene rings is 2. The highest BCUT2D eigenvalue weighted by molar-refractivity contribution is 9.10. The maximum Gasteiger partial charge on any atom is 0.153 e. The van der Waals surface area contributed by atoms with Crippen LogP contribution >= 0.6 is 39.1 Å². The van der Waals surface area contributed by atoms with Crippen molar-refractivity contribution in [2.24, 2.45) is 0 Å². The van der Waals surface area contributed by atoms with E-state index in [4.69, 9.17) is 23.2 Å². The molecule has 0 aliphatic rings. The Balaban J connectivity index is 2.66. The maximum absolute atomic E-state index is 10.9. The lowest BCUT2D eigenvalue weighted by molar-refractivity contribution is 0.112. The molecule has 0 spiro atoms. The quantitative estimate of drug-likeness (QED) is 0.782. The number of phenolic OH excluding ortho intramolecular Hbond substituents is 1. The molecule has 0 saturated heterocycles. The predicted octanol–water partition coefficient (Wildman–Crippen LogP) is 4.94. The zero-order valence-electron chi connectivity index (χ0n) is 8.95. The Morgan fingerprint density at radius 3 is 2.44 bits per heavy atom. The van der Waals surface area contributed by atoms with Gasteiger partial charge in [-0.1, -0.05) is 45.2 Å². The molecule has 0 heterocycles. The minimum absolute atomic E-state index is 0.0772. The number of hydrogen-bond acceptors (Lipinski definition) is 2. The SMILES string of the molecule is O=Cc1cc(Br)cc(-c2ccc(Cl)c(Cl)c2)c1O. The topological polar surface area (TPSA) is 37.3 Å². The summed E-state index contributed by atoms with van der Waals surface area (Å²) in [5.41, 5.74) is 1.42. The first kappa shape index (κ1) is 13.4. The van der Waals surface area contributed by atoms with Crippen LogP contribution in [0.5, 0.6) is 5.75 Å². The van der Waals surface area contributed by atoms with Crippen LogP contribution in [0.4, 0.5) is 0 Å². The monoisotopic (exact) mass is 344 g/mol. The number of aldehydes is 1. The van der Waals surface area contributed by atoms with Crippen molar-refractivity contribution in [3.05, 3.63) is 50.4 Å². The highest BCUT2D eigenvalue weighted by Crippen LogP contribution is 2.37. The third-order valence-electron chi connectivity index (χ3n) is 2.46. The lowest BCUT2D eigenvalue weighted by Crippen LogP contribution is -1.87. The lowest BCUT2D eigenvalue weighted by atomic mass is 10.0. The smallest absolute Gasteiger partial charge is 0.153 e. The van der Waals surface area contributed by atoms with Gasteiger partial charge in [0.25, 0.3) is 0 Å². The molecule has 0 atom stereocenters. The minimum Gasteiger partial charge on any atom is -0.507 e. The summed E-state index contributed by atoms with van der Waals surface area (Å²) < 4.78 is 0.698. The summed E-state index contributed by atoms with van der Waals surface area (Å²) in [6.45, 7) is 0. The van der Waals surface area contributed by atoms with Crippen molar-refractivity contribution in [1.82, 2.24) is 0 Å². The first-order valence-corrected chi connectivity index (χ1v) is 6.51. The molecule has 2 rings (SSSR count). The van der Waals surface area contributed by atoms with Crippen molar-refractivity contribution in [3.8, 4) is 16.9 Å². The fourth-order valence-corrected chi connectivity index (χ4v) is 2.37. The summed E-state index contributed by atoms with van der Waals surface area (Å²) in [6, 6.07) is 8.26. The van der Waals surface area contributed by atoms with E-state index in [2.05, 4.69) is 15.9 Å². The van der Waals surface area contributed by atoms with Gasteiger partial charge in [-0.25, -0.2) is 0 Å². The third-order valence-corrected chi connectivity index (χ3v) is 3.66. The van der Waals surface area contributed by atoms with Crippen molar-refractivity contribution in [2.75, 3.05) is 0 Å². The van der Waals surface area contributed by atoms with Gasteiger partial charge in [-0.3, -0.25) is 4.79 Å². The second kappa shape index (κ2) is 5.31. The van der Waals surface area contributed by atoms with E-state index < -0.39 is 0 Å². The summed E-state index contributed by atoms with van der Waals surface area (Å²) in [7, 11) is 0. The highest BCUT2D eigenvalue weighted by Gasteiger charge is 2.11. The number of halogens is 3. The number of carbonyl (C=O) groups excluding carboxylic acids is 1. The molecular weight excluding hydrogens is 339 g/mol. The van der Waals surface area contributed by atoms with Crippen molar-refractivity contribution < 1.29 is 9.90 Å². The molecule has 2 nitrogen and oxygen atoms in total. The summed E-state index contributed by atoms with van der Waals surface area (Å²) in [5, 5.41) is 10.8. The molecule has 0 fully saturated rings. The van der Waals surface area contributed by atoms with Crippen LogP contribution in [0.3, 0.4) is 0 Å². The molecule has 18 heavy (non-hydrogen) atoms. The Labute approximate surface area is 122 Å². The molecule has 0 unspecified atom stereocenters. The fraction of sp³-hybridized carbons (Fsp3) is 0. The third kappa shape index (κ3) is 2.53. The zero-order chi connectivity index (χ0) is 13.3. The largest absolute Gasteiger partial charge is 0.507 e. The Bertz CT molecular complexity index is 627. The molecule has 0 aliphatic heterocycles. The highest BCUT2D eigenvalue weighted by atomic mass is 79.9. The molecule has 2 aromatic carbocycles. The molecule has 1 N–H and O–H groups in total. The van der Waals surface area contributed by atoms with E-state index in [0.29, 0.717) is 31.9 Å². The second-order valence-corrected chi connectivity index (χ2v) is 5.37. The first-order valence-electron chi connectivity index (χ1n) is 4.96. The van der Waals surface area contributed by atoms with Gasteiger partial charge >= 0.3 is 0 Å². The van der Waals surface area contributed by atoms with Gasteiger partial charge in [0.05, 0.1) is 15.6 Å². The van der Waals surface area contributed by atoms with Gasteiger partial charge in [0.15, 0.2) is 6.29 Å². The summed E-state index contributed by atoms with van der Waals surface area (Å²) in [5.74, 6) is -0.0772. The van der Waals surface area contributed by atoms with E-state index >= 15 is 0 Å². The summed E-state index contributed by atoms with van der Waals surface area (Å²) in [4.78, 5) is 10.9. The van der Waals surface area contributed by atoms with Crippen LogP contribution in [0, 0.1) is 0 Å². The van der Waals surface area contributed by atoms with Gasteiger partial charge in [-0.2, -0.15) is 0 Å². The van der Waals surface area contributed by atoms with Crippen LogP contribution in [-0.4, -0.2) is 11.4 Å². The number of rotatable bonds is 2. The van der Waals surface area contributed by atoms with Gasteiger partial charge in [-0.15, -0.1) is 0 Å². The van der Waals surface area contributed by atoms with Gasteiger partial charge in [-0.05, 0) is 29.8 Å². The number of carbonyl (C=O) groups is 1. The molecule has 0 bridgehead atoms. The summed E-state index contributed by atoms with van der Waals surface area (Å²) in [6.07, 6.45) is 0.598. The van der Waals surface area contributed by atoms with E-state index in [9.17, 15) is 9.90 Å². The zero-order valence-corrected chi connectivity index (χ0v) is 12.1. The van der Waals surface area contributed by atoms with Crippen molar-refractivity contribution >= 4 is 45.4 Å². The molecule has 0 amide bonds. The van der Waals surface area contributed by atoms with Crippen LogP contribution in [0.1, 0.15) is 10.4 Å². The standard InChI is InChI=1S/C13H7BrCl2O2/c14-9-3-8(6-17)13(18)10(5-9)7-1-2-11(15)12(16)4-7/h1-6,18H. The molecule has 0 aliphatic carbocycles. The molecule has 0 saturated carbocycles. The molecular formula is C13H7BrCl2O2. The molecule has 0 radical (unpaired) electrons. The Hall–Kier alpha value is -1.03. The Kier molecular flexibility index (Phi) is 3.95. The predicted molar refractivity (Wildman–Crippen MR) is 76.7 cm³/mol. The summed E-state index contributed by atoms with van der Waals surface area (Å²) >= 11 is 15.1. The van der Waals surface area contributed by atoms with Crippen molar-refractivity contribution in [3.63, 3.8) is 0 Å². The Morgan fingerprint density at radius 2 is 1.83 bits per heavy atom. The van der Waals surface area contributed by atoms with E-state index in [-0.39, 0.29) is 11.3 Å². The van der Waals surface area contributed by atoms with E-state index in [1.54, 1.807) is 30.3 Å². The van der Waals surface area contributed by atoms with Gasteiger partial charge in [0.1, 0.15) is 5.75 Å². The van der Waals surface area contributed by atoms with E-state index in [1.807, 2.05) is 0 Å². The van der Waals surface area contributed by atoms with E-state index in [1.165, 1.54) is 0 Å². The van der Waals surface area contributed by atoms with Gasteiger partial charge in [0.2, 0.25) is 0 Å². The average molecular weight is 346 g/mol. The Morgan fingerprint density at radius 1 is 1.11 bits per heavy atom.